The Bertz CT molecular complexity index is 436. The molecule has 0 amide bonds. The van der Waals surface area contributed by atoms with Crippen LogP contribution in [0.1, 0.15) is 37.9 Å². The number of rotatable bonds is 3. The van der Waals surface area contributed by atoms with Gasteiger partial charge in [0.25, 0.3) is 0 Å². The Hall–Kier alpha value is -0.680. The second-order valence-corrected chi connectivity index (χ2v) is 5.82. The molecule has 2 fully saturated rings. The summed E-state index contributed by atoms with van der Waals surface area (Å²) in [5.74, 6) is 2.64. The molecule has 1 aliphatic heterocycles. The van der Waals surface area contributed by atoms with E-state index in [1.54, 1.807) is 0 Å². The number of hydrogen-bond acceptors (Lipinski definition) is 4. The molecule has 2 heterocycles. The van der Waals surface area contributed by atoms with Crippen LogP contribution in [0.15, 0.2) is 10.7 Å². The van der Waals surface area contributed by atoms with Crippen LogP contribution >= 0.6 is 15.9 Å². The van der Waals surface area contributed by atoms with Crippen molar-refractivity contribution in [1.29, 1.82) is 0 Å². The Kier molecular flexibility index (Phi) is 3.52. The SMILES string of the molecule is CCC1COCCN1c1cc(Br)nc(C2CC2)n1. The number of anilines is 1. The summed E-state index contributed by atoms with van der Waals surface area (Å²) in [5.41, 5.74) is 0. The molecule has 1 aromatic heterocycles. The van der Waals surface area contributed by atoms with E-state index in [-0.39, 0.29) is 0 Å². The largest absolute Gasteiger partial charge is 0.377 e. The average molecular weight is 312 g/mol. The minimum absolute atomic E-state index is 0.438. The highest BCUT2D eigenvalue weighted by Crippen LogP contribution is 2.39. The molecule has 0 spiro atoms. The standard InChI is InChI=1S/C13H18BrN3O/c1-2-10-8-18-6-5-17(10)12-7-11(14)15-13(16-12)9-3-4-9/h7,9-10H,2-6,8H2,1H3. The van der Waals surface area contributed by atoms with Crippen molar-refractivity contribution in [3.8, 4) is 0 Å². The van der Waals surface area contributed by atoms with Crippen molar-refractivity contribution in [2.24, 2.45) is 0 Å². The summed E-state index contributed by atoms with van der Waals surface area (Å²) in [7, 11) is 0. The van der Waals surface area contributed by atoms with Crippen LogP contribution in [0.25, 0.3) is 0 Å². The van der Waals surface area contributed by atoms with E-state index in [0.29, 0.717) is 12.0 Å². The quantitative estimate of drug-likeness (QED) is 0.805. The predicted octanol–water partition coefficient (Wildman–Crippen LogP) is 2.73. The Morgan fingerprint density at radius 1 is 1.44 bits per heavy atom. The number of ether oxygens (including phenoxy) is 1. The second kappa shape index (κ2) is 5.13. The summed E-state index contributed by atoms with van der Waals surface area (Å²) in [6.07, 6.45) is 3.55. The summed E-state index contributed by atoms with van der Waals surface area (Å²) in [4.78, 5) is 11.6. The van der Waals surface area contributed by atoms with Crippen LogP contribution in [0.3, 0.4) is 0 Å². The van der Waals surface area contributed by atoms with Gasteiger partial charge in [-0.3, -0.25) is 0 Å². The van der Waals surface area contributed by atoms with Crippen molar-refractivity contribution >= 4 is 21.7 Å². The van der Waals surface area contributed by atoms with Gasteiger partial charge in [0.2, 0.25) is 0 Å². The smallest absolute Gasteiger partial charge is 0.135 e. The first-order valence-corrected chi connectivity index (χ1v) is 7.46. The van der Waals surface area contributed by atoms with Gasteiger partial charge in [-0.25, -0.2) is 9.97 Å². The van der Waals surface area contributed by atoms with Crippen molar-refractivity contribution in [3.63, 3.8) is 0 Å². The molecule has 18 heavy (non-hydrogen) atoms. The van der Waals surface area contributed by atoms with Crippen molar-refractivity contribution < 1.29 is 4.74 Å². The van der Waals surface area contributed by atoms with E-state index in [9.17, 15) is 0 Å². The van der Waals surface area contributed by atoms with Gasteiger partial charge in [0.15, 0.2) is 0 Å². The summed E-state index contributed by atoms with van der Waals surface area (Å²) < 4.78 is 6.45. The maximum Gasteiger partial charge on any atom is 0.135 e. The topological polar surface area (TPSA) is 38.2 Å². The van der Waals surface area contributed by atoms with Crippen LogP contribution in [0.2, 0.25) is 0 Å². The first-order valence-electron chi connectivity index (χ1n) is 6.66. The Morgan fingerprint density at radius 2 is 2.28 bits per heavy atom. The lowest BCUT2D eigenvalue weighted by Crippen LogP contribution is -2.45. The summed E-state index contributed by atoms with van der Waals surface area (Å²) in [5, 5.41) is 0. The van der Waals surface area contributed by atoms with Gasteiger partial charge >= 0.3 is 0 Å². The van der Waals surface area contributed by atoms with E-state index in [2.05, 4.69) is 32.7 Å². The zero-order valence-corrected chi connectivity index (χ0v) is 12.2. The van der Waals surface area contributed by atoms with Gasteiger partial charge in [-0.15, -0.1) is 0 Å². The van der Waals surface area contributed by atoms with Crippen LogP contribution < -0.4 is 4.90 Å². The molecule has 3 rings (SSSR count). The predicted molar refractivity (Wildman–Crippen MR) is 74.0 cm³/mol. The third-order valence-electron chi connectivity index (χ3n) is 3.63. The van der Waals surface area contributed by atoms with Crippen LogP contribution in [-0.4, -0.2) is 35.8 Å². The first kappa shape index (κ1) is 12.4. The molecule has 98 valence electrons. The highest BCUT2D eigenvalue weighted by atomic mass is 79.9. The maximum absolute atomic E-state index is 5.55. The van der Waals surface area contributed by atoms with E-state index in [1.807, 2.05) is 6.07 Å². The van der Waals surface area contributed by atoms with Crippen LogP contribution in [0.5, 0.6) is 0 Å². The van der Waals surface area contributed by atoms with E-state index < -0.39 is 0 Å². The molecule has 0 N–H and O–H groups in total. The fraction of sp³-hybridized carbons (Fsp3) is 0.692. The molecule has 0 aromatic carbocycles. The van der Waals surface area contributed by atoms with Crippen molar-refractivity contribution in [3.05, 3.63) is 16.5 Å². The molecule has 1 aromatic rings. The van der Waals surface area contributed by atoms with E-state index in [1.165, 1.54) is 12.8 Å². The highest BCUT2D eigenvalue weighted by Gasteiger charge is 2.29. The van der Waals surface area contributed by atoms with Gasteiger partial charge in [0.05, 0.1) is 19.3 Å². The lowest BCUT2D eigenvalue weighted by atomic mass is 10.2. The van der Waals surface area contributed by atoms with Gasteiger partial charge in [0, 0.05) is 18.5 Å². The number of nitrogens with zero attached hydrogens (tertiary/aromatic N) is 3. The molecule has 0 bridgehead atoms. The zero-order chi connectivity index (χ0) is 12.5. The van der Waals surface area contributed by atoms with E-state index in [0.717, 1.165) is 42.4 Å². The second-order valence-electron chi connectivity index (χ2n) is 5.01. The molecular weight excluding hydrogens is 294 g/mol. The lowest BCUT2D eigenvalue weighted by Gasteiger charge is -2.36. The molecular formula is C13H18BrN3O. The Morgan fingerprint density at radius 3 is 3.00 bits per heavy atom. The lowest BCUT2D eigenvalue weighted by molar-refractivity contribution is 0.0925. The third kappa shape index (κ3) is 2.52. The van der Waals surface area contributed by atoms with Crippen molar-refractivity contribution in [2.45, 2.75) is 38.1 Å². The Balaban J connectivity index is 1.89. The summed E-state index contributed by atoms with van der Waals surface area (Å²) >= 11 is 3.51. The maximum atomic E-state index is 5.55. The minimum atomic E-state index is 0.438. The molecule has 5 heteroatoms. The van der Waals surface area contributed by atoms with Gasteiger partial charge in [0.1, 0.15) is 16.2 Å². The van der Waals surface area contributed by atoms with Crippen molar-refractivity contribution in [2.75, 3.05) is 24.7 Å². The third-order valence-corrected chi connectivity index (χ3v) is 4.04. The molecule has 1 saturated carbocycles. The molecule has 0 radical (unpaired) electrons. The molecule has 1 atom stereocenters. The number of hydrogen-bond donors (Lipinski definition) is 0. The molecule has 2 aliphatic rings. The summed E-state index contributed by atoms with van der Waals surface area (Å²) in [6, 6.07) is 2.47. The van der Waals surface area contributed by atoms with Gasteiger partial charge in [-0.1, -0.05) is 6.92 Å². The Labute approximate surface area is 116 Å². The number of morpholine rings is 1. The highest BCUT2D eigenvalue weighted by molar-refractivity contribution is 9.10. The van der Waals surface area contributed by atoms with Gasteiger partial charge in [-0.2, -0.15) is 0 Å². The molecule has 1 unspecified atom stereocenters. The van der Waals surface area contributed by atoms with Crippen molar-refractivity contribution in [1.82, 2.24) is 9.97 Å². The van der Waals surface area contributed by atoms with Crippen LogP contribution in [0, 0.1) is 0 Å². The van der Waals surface area contributed by atoms with Gasteiger partial charge < -0.3 is 9.64 Å². The number of aromatic nitrogens is 2. The fourth-order valence-electron chi connectivity index (χ4n) is 2.39. The zero-order valence-electron chi connectivity index (χ0n) is 10.6. The normalized spacial score (nSPS) is 24.3. The van der Waals surface area contributed by atoms with Crippen LogP contribution in [-0.2, 0) is 4.74 Å². The van der Waals surface area contributed by atoms with E-state index in [4.69, 9.17) is 9.72 Å². The fourth-order valence-corrected chi connectivity index (χ4v) is 2.78. The number of halogens is 1. The molecule has 1 aliphatic carbocycles. The monoisotopic (exact) mass is 311 g/mol. The molecule has 1 saturated heterocycles. The van der Waals surface area contributed by atoms with Gasteiger partial charge in [-0.05, 0) is 35.2 Å². The first-order chi connectivity index (χ1) is 8.78. The molecule has 4 nitrogen and oxygen atoms in total. The van der Waals surface area contributed by atoms with Crippen LogP contribution in [0.4, 0.5) is 5.82 Å². The summed E-state index contributed by atoms with van der Waals surface area (Å²) in [6.45, 7) is 4.71. The van der Waals surface area contributed by atoms with E-state index >= 15 is 0 Å². The average Bonchev–Trinajstić information content (AvgIpc) is 3.22. The minimum Gasteiger partial charge on any atom is -0.377 e.